The van der Waals surface area contributed by atoms with E-state index in [1.165, 1.54) is 0 Å². The molecule has 0 aliphatic carbocycles. The number of hydrogen-bond acceptors (Lipinski definition) is 6. The van der Waals surface area contributed by atoms with Crippen LogP contribution >= 0.6 is 0 Å². The quantitative estimate of drug-likeness (QED) is 0.888. The van der Waals surface area contributed by atoms with E-state index < -0.39 is 0 Å². The number of nitrogens with zero attached hydrogens (tertiary/aromatic N) is 3. The zero-order valence-corrected chi connectivity index (χ0v) is 12.9. The number of fused-ring (bicyclic) bond motifs is 1. The lowest BCUT2D eigenvalue weighted by molar-refractivity contribution is -0.135. The van der Waals surface area contributed by atoms with Crippen LogP contribution in [0.15, 0.2) is 6.07 Å². The van der Waals surface area contributed by atoms with Crippen molar-refractivity contribution in [2.24, 2.45) is 0 Å². The van der Waals surface area contributed by atoms with Gasteiger partial charge in [0.15, 0.2) is 0 Å². The largest absolute Gasteiger partial charge is 0.378 e. The van der Waals surface area contributed by atoms with Crippen molar-refractivity contribution < 1.29 is 9.47 Å². The first kappa shape index (κ1) is 14.7. The van der Waals surface area contributed by atoms with Gasteiger partial charge in [0.25, 0.3) is 0 Å². The average molecular weight is 292 g/mol. The van der Waals surface area contributed by atoms with E-state index in [-0.39, 0.29) is 5.54 Å². The molecule has 1 N–H and O–H groups in total. The Morgan fingerprint density at radius 3 is 2.62 bits per heavy atom. The van der Waals surface area contributed by atoms with E-state index >= 15 is 0 Å². The van der Waals surface area contributed by atoms with E-state index in [0.29, 0.717) is 13.2 Å². The number of aryl methyl sites for hydroxylation is 2. The van der Waals surface area contributed by atoms with Crippen molar-refractivity contribution in [3.05, 3.63) is 17.6 Å². The maximum Gasteiger partial charge on any atom is 0.129 e. The van der Waals surface area contributed by atoms with Gasteiger partial charge in [-0.05, 0) is 13.3 Å². The molecule has 0 atom stereocenters. The van der Waals surface area contributed by atoms with Gasteiger partial charge in [0.1, 0.15) is 11.6 Å². The molecule has 0 amide bonds. The molecule has 0 bridgehead atoms. The third-order valence-corrected chi connectivity index (χ3v) is 4.28. The smallest absolute Gasteiger partial charge is 0.129 e. The van der Waals surface area contributed by atoms with E-state index in [1.54, 1.807) is 0 Å². The molecule has 3 rings (SSSR count). The predicted molar refractivity (Wildman–Crippen MR) is 80.6 cm³/mol. The summed E-state index contributed by atoms with van der Waals surface area (Å²) in [5, 5.41) is 3.47. The highest BCUT2D eigenvalue weighted by atomic mass is 16.5. The zero-order chi connectivity index (χ0) is 14.7. The van der Waals surface area contributed by atoms with Crippen LogP contribution in [-0.2, 0) is 15.9 Å². The Morgan fingerprint density at radius 1 is 1.24 bits per heavy atom. The predicted octanol–water partition coefficient (Wildman–Crippen LogP) is 0.861. The Kier molecular flexibility index (Phi) is 4.37. The molecule has 2 aliphatic heterocycles. The lowest BCUT2D eigenvalue weighted by Crippen LogP contribution is -2.66. The molecule has 0 saturated carbocycles. The number of ether oxygens (including phenoxy) is 2. The van der Waals surface area contributed by atoms with Crippen LogP contribution in [0.3, 0.4) is 0 Å². The maximum atomic E-state index is 5.70. The minimum Gasteiger partial charge on any atom is -0.378 e. The van der Waals surface area contributed by atoms with Crippen molar-refractivity contribution in [3.8, 4) is 0 Å². The average Bonchev–Trinajstić information content (AvgIpc) is 2.52. The second kappa shape index (κ2) is 6.25. The molecule has 6 nitrogen and oxygen atoms in total. The van der Waals surface area contributed by atoms with E-state index in [9.17, 15) is 0 Å². The van der Waals surface area contributed by atoms with Gasteiger partial charge in [-0.15, -0.1) is 0 Å². The number of hydrogen-bond donors (Lipinski definition) is 1. The van der Waals surface area contributed by atoms with Gasteiger partial charge in [0, 0.05) is 31.4 Å². The molecular formula is C15H24N4O2. The first-order valence-electron chi connectivity index (χ1n) is 7.71. The van der Waals surface area contributed by atoms with Gasteiger partial charge >= 0.3 is 0 Å². The van der Waals surface area contributed by atoms with Gasteiger partial charge < -0.3 is 14.8 Å². The van der Waals surface area contributed by atoms with Crippen LogP contribution < -0.4 is 5.32 Å². The molecule has 3 heterocycles. The number of rotatable bonds is 4. The van der Waals surface area contributed by atoms with E-state index in [0.717, 1.165) is 56.6 Å². The fourth-order valence-corrected chi connectivity index (χ4v) is 3.05. The Hall–Kier alpha value is -1.24. The zero-order valence-electron chi connectivity index (χ0n) is 12.9. The molecule has 21 heavy (non-hydrogen) atoms. The first-order chi connectivity index (χ1) is 10.2. The number of morpholine rings is 2. The van der Waals surface area contributed by atoms with Gasteiger partial charge in [-0.1, -0.05) is 6.92 Å². The summed E-state index contributed by atoms with van der Waals surface area (Å²) in [6.07, 6.45) is 0.918. The summed E-state index contributed by atoms with van der Waals surface area (Å²) in [7, 11) is 0. The first-order valence-corrected chi connectivity index (χ1v) is 7.71. The van der Waals surface area contributed by atoms with Crippen LogP contribution in [0.5, 0.6) is 0 Å². The standard InChI is InChI=1S/C15H24N4O2/c1-3-13-8-14(18-12(2)17-13)16-9-15-10-20-6-4-19(15)5-7-21-11-15/h8H,3-7,9-11H2,1-2H3,(H,16,17,18). The lowest BCUT2D eigenvalue weighted by atomic mass is 9.96. The van der Waals surface area contributed by atoms with Crippen molar-refractivity contribution in [1.82, 2.24) is 14.9 Å². The fourth-order valence-electron chi connectivity index (χ4n) is 3.05. The number of anilines is 1. The maximum absolute atomic E-state index is 5.70. The van der Waals surface area contributed by atoms with Crippen molar-refractivity contribution >= 4 is 5.82 Å². The van der Waals surface area contributed by atoms with Crippen LogP contribution in [-0.4, -0.2) is 66.5 Å². The molecule has 2 fully saturated rings. The fraction of sp³-hybridized carbons (Fsp3) is 0.733. The van der Waals surface area contributed by atoms with Gasteiger partial charge in [-0.2, -0.15) is 0 Å². The van der Waals surface area contributed by atoms with Crippen LogP contribution in [0.2, 0.25) is 0 Å². The Labute approximate surface area is 125 Å². The normalized spacial score (nSPS) is 21.8. The molecule has 0 radical (unpaired) electrons. The van der Waals surface area contributed by atoms with Crippen molar-refractivity contribution in [2.45, 2.75) is 25.8 Å². The number of nitrogens with one attached hydrogen (secondary N) is 1. The summed E-state index contributed by atoms with van der Waals surface area (Å²) in [5.41, 5.74) is 1.00. The van der Waals surface area contributed by atoms with Crippen LogP contribution in [0.1, 0.15) is 18.4 Å². The molecule has 2 aliphatic rings. The number of aromatic nitrogens is 2. The highest BCUT2D eigenvalue weighted by molar-refractivity contribution is 5.37. The topological polar surface area (TPSA) is 59.5 Å². The Balaban J connectivity index is 1.71. The summed E-state index contributed by atoms with van der Waals surface area (Å²) < 4.78 is 11.4. The molecule has 1 aromatic rings. The minimum absolute atomic E-state index is 0.0677. The third kappa shape index (κ3) is 3.17. The second-order valence-corrected chi connectivity index (χ2v) is 5.82. The van der Waals surface area contributed by atoms with Crippen LogP contribution in [0.4, 0.5) is 5.82 Å². The van der Waals surface area contributed by atoms with E-state index in [2.05, 4.69) is 27.1 Å². The summed E-state index contributed by atoms with van der Waals surface area (Å²) >= 11 is 0. The molecular weight excluding hydrogens is 268 g/mol. The van der Waals surface area contributed by atoms with E-state index in [1.807, 2.05) is 13.0 Å². The summed E-state index contributed by atoms with van der Waals surface area (Å²) in [4.78, 5) is 11.4. The van der Waals surface area contributed by atoms with Crippen molar-refractivity contribution in [3.63, 3.8) is 0 Å². The SMILES string of the molecule is CCc1cc(NCC23COCCN2CCOC3)nc(C)n1. The Morgan fingerprint density at radius 2 is 1.95 bits per heavy atom. The monoisotopic (exact) mass is 292 g/mol. The molecule has 116 valence electrons. The third-order valence-electron chi connectivity index (χ3n) is 4.28. The van der Waals surface area contributed by atoms with Crippen LogP contribution in [0.25, 0.3) is 0 Å². The Bertz CT molecular complexity index is 483. The van der Waals surface area contributed by atoms with E-state index in [4.69, 9.17) is 9.47 Å². The van der Waals surface area contributed by atoms with Gasteiger partial charge in [-0.3, -0.25) is 4.90 Å². The molecule has 2 saturated heterocycles. The lowest BCUT2D eigenvalue weighted by Gasteiger charge is -2.49. The van der Waals surface area contributed by atoms with Crippen molar-refractivity contribution in [1.29, 1.82) is 0 Å². The summed E-state index contributed by atoms with van der Waals surface area (Å²) in [6.45, 7) is 9.84. The second-order valence-electron chi connectivity index (χ2n) is 5.82. The molecule has 1 aromatic heterocycles. The molecule has 0 spiro atoms. The minimum atomic E-state index is -0.0677. The summed E-state index contributed by atoms with van der Waals surface area (Å²) in [5.74, 6) is 1.70. The van der Waals surface area contributed by atoms with Gasteiger partial charge in [0.2, 0.25) is 0 Å². The van der Waals surface area contributed by atoms with Crippen LogP contribution in [0, 0.1) is 6.92 Å². The van der Waals surface area contributed by atoms with Crippen molar-refractivity contribution in [2.75, 3.05) is 51.4 Å². The van der Waals surface area contributed by atoms with Gasteiger partial charge in [-0.25, -0.2) is 9.97 Å². The summed E-state index contributed by atoms with van der Waals surface area (Å²) in [6, 6.07) is 2.03. The van der Waals surface area contributed by atoms with Gasteiger partial charge in [0.05, 0.1) is 32.0 Å². The molecule has 0 unspecified atom stereocenters. The molecule has 0 aromatic carbocycles. The molecule has 6 heteroatoms. The highest BCUT2D eigenvalue weighted by Crippen LogP contribution is 2.24. The highest BCUT2D eigenvalue weighted by Gasteiger charge is 2.42.